The molecular formula is C26H28N4O4S. The summed E-state index contributed by atoms with van der Waals surface area (Å²) in [5.74, 6) is 0.167. The molecule has 1 fully saturated rings. The Kier molecular flexibility index (Phi) is 7.55. The van der Waals surface area contributed by atoms with Crippen molar-refractivity contribution < 1.29 is 19.1 Å². The molecule has 4 amide bonds. The number of rotatable bonds is 7. The van der Waals surface area contributed by atoms with Crippen LogP contribution in [0, 0.1) is 0 Å². The lowest BCUT2D eigenvalue weighted by atomic mass is 10.0. The van der Waals surface area contributed by atoms with Crippen molar-refractivity contribution in [3.05, 3.63) is 65.4 Å². The van der Waals surface area contributed by atoms with E-state index in [1.54, 1.807) is 37.5 Å². The second kappa shape index (κ2) is 10.8. The Balaban J connectivity index is 1.55. The molecule has 1 heterocycles. The highest BCUT2D eigenvalue weighted by Crippen LogP contribution is 2.31. The van der Waals surface area contributed by atoms with E-state index in [2.05, 4.69) is 29.5 Å². The SMILES string of the molecule is COc1cccc(N2C(=O)/C(=C\c3ccc(C(C)C)cc3)N=C2SCC(=O)NC(=O)NC2CC2)c1. The number of aliphatic imine (C=N–C) groups is 1. The molecule has 1 saturated carbocycles. The molecule has 0 bridgehead atoms. The van der Waals surface area contributed by atoms with Gasteiger partial charge in [-0.1, -0.05) is 55.9 Å². The molecule has 8 nitrogen and oxygen atoms in total. The first-order valence-electron chi connectivity index (χ1n) is 11.5. The fourth-order valence-electron chi connectivity index (χ4n) is 3.45. The lowest BCUT2D eigenvalue weighted by Gasteiger charge is -2.18. The van der Waals surface area contributed by atoms with Crippen LogP contribution in [-0.4, -0.2) is 41.9 Å². The van der Waals surface area contributed by atoms with Gasteiger partial charge in [-0.15, -0.1) is 0 Å². The summed E-state index contributed by atoms with van der Waals surface area (Å²) >= 11 is 1.09. The summed E-state index contributed by atoms with van der Waals surface area (Å²) in [6.45, 7) is 4.25. The van der Waals surface area contributed by atoms with Crippen molar-refractivity contribution in [1.82, 2.24) is 10.6 Å². The topological polar surface area (TPSA) is 100 Å². The van der Waals surface area contributed by atoms with E-state index in [-0.39, 0.29) is 23.4 Å². The molecule has 182 valence electrons. The van der Waals surface area contributed by atoms with Crippen molar-refractivity contribution in [2.75, 3.05) is 17.8 Å². The number of hydrogen-bond donors (Lipinski definition) is 2. The Morgan fingerprint density at radius 2 is 1.94 bits per heavy atom. The standard InChI is InChI=1S/C26H28N4O4S/c1-16(2)18-9-7-17(8-10-18)13-22-24(32)30(20-5-4-6-21(14-20)34-3)26(28-22)35-15-23(31)29-25(33)27-19-11-12-19/h4-10,13-14,16,19H,11-12,15H2,1-3H3,(H2,27,29,31,33)/b22-13+. The zero-order valence-electron chi connectivity index (χ0n) is 19.9. The molecule has 1 aliphatic heterocycles. The van der Waals surface area contributed by atoms with Crippen molar-refractivity contribution in [3.63, 3.8) is 0 Å². The Bertz CT molecular complexity index is 1190. The van der Waals surface area contributed by atoms with E-state index in [9.17, 15) is 14.4 Å². The lowest BCUT2D eigenvalue weighted by Crippen LogP contribution is -2.41. The number of imide groups is 1. The summed E-state index contributed by atoms with van der Waals surface area (Å²) < 4.78 is 5.31. The highest BCUT2D eigenvalue weighted by Gasteiger charge is 2.33. The number of amides is 4. The number of hydrogen-bond acceptors (Lipinski definition) is 6. The molecule has 2 aromatic carbocycles. The predicted octanol–water partition coefficient (Wildman–Crippen LogP) is 4.28. The molecule has 0 spiro atoms. The molecule has 1 aliphatic carbocycles. The number of ether oxygens (including phenoxy) is 1. The number of thioether (sulfide) groups is 1. The number of carbonyl (C=O) groups excluding carboxylic acids is 3. The van der Waals surface area contributed by atoms with Gasteiger partial charge in [-0.05, 0) is 48.1 Å². The van der Waals surface area contributed by atoms with Gasteiger partial charge < -0.3 is 10.1 Å². The quantitative estimate of drug-likeness (QED) is 0.562. The van der Waals surface area contributed by atoms with Crippen molar-refractivity contribution in [1.29, 1.82) is 0 Å². The van der Waals surface area contributed by atoms with Crippen LogP contribution in [0.1, 0.15) is 43.7 Å². The first kappa shape index (κ1) is 24.5. The van der Waals surface area contributed by atoms with Gasteiger partial charge in [-0.2, -0.15) is 0 Å². The minimum atomic E-state index is -0.502. The smallest absolute Gasteiger partial charge is 0.321 e. The van der Waals surface area contributed by atoms with Crippen molar-refractivity contribution in [2.24, 2.45) is 4.99 Å². The van der Waals surface area contributed by atoms with E-state index in [0.29, 0.717) is 22.5 Å². The molecule has 0 atom stereocenters. The molecule has 4 rings (SSSR count). The van der Waals surface area contributed by atoms with Crippen LogP contribution in [0.5, 0.6) is 5.75 Å². The summed E-state index contributed by atoms with van der Waals surface area (Å²) in [6, 6.07) is 14.7. The fourth-order valence-corrected chi connectivity index (χ4v) is 4.26. The second-order valence-corrected chi connectivity index (χ2v) is 9.61. The maximum absolute atomic E-state index is 13.4. The van der Waals surface area contributed by atoms with Crippen LogP contribution in [-0.2, 0) is 9.59 Å². The summed E-state index contributed by atoms with van der Waals surface area (Å²) in [5.41, 5.74) is 2.90. The lowest BCUT2D eigenvalue weighted by molar-refractivity contribution is -0.117. The van der Waals surface area contributed by atoms with Crippen LogP contribution >= 0.6 is 11.8 Å². The molecule has 0 saturated heterocycles. The van der Waals surface area contributed by atoms with E-state index in [1.165, 1.54) is 10.5 Å². The van der Waals surface area contributed by atoms with Crippen LogP contribution in [0.2, 0.25) is 0 Å². The van der Waals surface area contributed by atoms with Crippen LogP contribution in [0.4, 0.5) is 10.5 Å². The van der Waals surface area contributed by atoms with Gasteiger partial charge in [0.1, 0.15) is 11.4 Å². The largest absolute Gasteiger partial charge is 0.497 e. The first-order valence-corrected chi connectivity index (χ1v) is 12.4. The number of methoxy groups -OCH3 is 1. The molecule has 9 heteroatoms. The maximum atomic E-state index is 13.4. The summed E-state index contributed by atoms with van der Waals surface area (Å²) in [5, 5.41) is 5.39. The summed E-state index contributed by atoms with van der Waals surface area (Å²) in [7, 11) is 1.55. The van der Waals surface area contributed by atoms with Crippen LogP contribution in [0.3, 0.4) is 0 Å². The fraction of sp³-hybridized carbons (Fsp3) is 0.308. The Hall–Kier alpha value is -3.59. The molecule has 2 aromatic rings. The van der Waals surface area contributed by atoms with Crippen molar-refractivity contribution in [2.45, 2.75) is 38.6 Å². The third-order valence-corrected chi connectivity index (χ3v) is 6.48. The highest BCUT2D eigenvalue weighted by molar-refractivity contribution is 8.14. The molecule has 0 unspecified atom stereocenters. The van der Waals surface area contributed by atoms with Crippen molar-refractivity contribution >= 4 is 46.5 Å². The number of urea groups is 1. The van der Waals surface area contributed by atoms with E-state index in [1.807, 2.05) is 24.3 Å². The predicted molar refractivity (Wildman–Crippen MR) is 139 cm³/mol. The summed E-state index contributed by atoms with van der Waals surface area (Å²) in [6.07, 6.45) is 3.59. The van der Waals surface area contributed by atoms with Crippen molar-refractivity contribution in [3.8, 4) is 5.75 Å². The number of anilines is 1. The van der Waals surface area contributed by atoms with E-state index in [0.717, 1.165) is 30.2 Å². The van der Waals surface area contributed by atoms with Gasteiger partial charge in [0.15, 0.2) is 5.17 Å². The molecule has 35 heavy (non-hydrogen) atoms. The normalized spacial score (nSPS) is 16.5. The number of nitrogens with zero attached hydrogens (tertiary/aromatic N) is 2. The molecule has 0 radical (unpaired) electrons. The van der Waals surface area contributed by atoms with Crippen LogP contribution < -0.4 is 20.3 Å². The van der Waals surface area contributed by atoms with Gasteiger partial charge in [-0.25, -0.2) is 9.79 Å². The third-order valence-electron chi connectivity index (χ3n) is 5.55. The van der Waals surface area contributed by atoms with Gasteiger partial charge in [0.2, 0.25) is 5.91 Å². The molecule has 0 aromatic heterocycles. The van der Waals surface area contributed by atoms with Gasteiger partial charge in [-0.3, -0.25) is 19.8 Å². The minimum absolute atomic E-state index is 0.0684. The third kappa shape index (κ3) is 6.30. The average Bonchev–Trinajstić information content (AvgIpc) is 3.60. The Morgan fingerprint density at radius 3 is 2.60 bits per heavy atom. The second-order valence-electron chi connectivity index (χ2n) is 8.67. The van der Waals surface area contributed by atoms with E-state index < -0.39 is 11.9 Å². The highest BCUT2D eigenvalue weighted by atomic mass is 32.2. The van der Waals surface area contributed by atoms with Gasteiger partial charge in [0.25, 0.3) is 5.91 Å². The Morgan fingerprint density at radius 1 is 1.20 bits per heavy atom. The number of nitrogens with one attached hydrogen (secondary N) is 2. The van der Waals surface area contributed by atoms with Crippen LogP contribution in [0.15, 0.2) is 59.2 Å². The first-order chi connectivity index (χ1) is 16.8. The van der Waals surface area contributed by atoms with Gasteiger partial charge in [0, 0.05) is 12.1 Å². The zero-order valence-corrected chi connectivity index (χ0v) is 20.7. The number of carbonyl (C=O) groups is 3. The van der Waals surface area contributed by atoms with E-state index >= 15 is 0 Å². The maximum Gasteiger partial charge on any atom is 0.321 e. The zero-order chi connectivity index (χ0) is 24.9. The average molecular weight is 493 g/mol. The van der Waals surface area contributed by atoms with Crippen LogP contribution in [0.25, 0.3) is 6.08 Å². The molecule has 2 N–H and O–H groups in total. The number of amidine groups is 1. The summed E-state index contributed by atoms with van der Waals surface area (Å²) in [4.78, 5) is 43.5. The molecular weight excluding hydrogens is 464 g/mol. The Labute approximate surface area is 208 Å². The minimum Gasteiger partial charge on any atom is -0.497 e. The van der Waals surface area contributed by atoms with Gasteiger partial charge in [0.05, 0.1) is 18.6 Å². The monoisotopic (exact) mass is 492 g/mol. The van der Waals surface area contributed by atoms with E-state index in [4.69, 9.17) is 4.74 Å². The molecule has 2 aliphatic rings. The van der Waals surface area contributed by atoms with Gasteiger partial charge >= 0.3 is 6.03 Å². The number of benzene rings is 2.